The standard InChI is InChI=1S/C23H21NO2/c1-26-23(25)20-14-8-7-13-19(20)22-18-12-6-5-11-17(18)15-21(24-22)16-9-3-2-4-10-16/h2-4,7-10,13-15H,5-6,11-12H2,1H3. The van der Waals surface area contributed by atoms with E-state index in [0.29, 0.717) is 5.56 Å². The SMILES string of the molecule is COC(=O)c1ccccc1-c1nc(-c2ccccc2)cc2c1CCCC2. The zero-order valence-corrected chi connectivity index (χ0v) is 14.9. The van der Waals surface area contributed by atoms with E-state index < -0.39 is 0 Å². The summed E-state index contributed by atoms with van der Waals surface area (Å²) < 4.78 is 4.99. The van der Waals surface area contributed by atoms with E-state index in [1.54, 1.807) is 0 Å². The van der Waals surface area contributed by atoms with Crippen molar-refractivity contribution in [2.45, 2.75) is 25.7 Å². The molecule has 1 aromatic heterocycles. The average Bonchev–Trinajstić information content (AvgIpc) is 2.73. The first kappa shape index (κ1) is 16.5. The van der Waals surface area contributed by atoms with Crippen LogP contribution in [0.15, 0.2) is 60.7 Å². The Morgan fingerprint density at radius 1 is 0.962 bits per heavy atom. The van der Waals surface area contributed by atoms with Gasteiger partial charge in [0, 0.05) is 11.1 Å². The van der Waals surface area contributed by atoms with Crippen LogP contribution in [-0.2, 0) is 17.6 Å². The predicted octanol–water partition coefficient (Wildman–Crippen LogP) is 5.08. The molecule has 0 bridgehead atoms. The molecule has 0 fully saturated rings. The molecule has 4 rings (SSSR count). The molecule has 0 aliphatic heterocycles. The minimum atomic E-state index is -0.322. The van der Waals surface area contributed by atoms with E-state index in [4.69, 9.17) is 9.72 Å². The monoisotopic (exact) mass is 343 g/mol. The summed E-state index contributed by atoms with van der Waals surface area (Å²) in [6.45, 7) is 0. The van der Waals surface area contributed by atoms with Crippen LogP contribution < -0.4 is 0 Å². The number of rotatable bonds is 3. The molecule has 2 aromatic carbocycles. The lowest BCUT2D eigenvalue weighted by atomic mass is 9.87. The van der Waals surface area contributed by atoms with Crippen molar-refractivity contribution in [3.8, 4) is 22.5 Å². The van der Waals surface area contributed by atoms with Crippen LogP contribution in [0.1, 0.15) is 34.3 Å². The van der Waals surface area contributed by atoms with Crippen molar-refractivity contribution in [3.63, 3.8) is 0 Å². The van der Waals surface area contributed by atoms with E-state index in [9.17, 15) is 4.79 Å². The van der Waals surface area contributed by atoms with Gasteiger partial charge in [0.2, 0.25) is 0 Å². The summed E-state index contributed by atoms with van der Waals surface area (Å²) in [5.41, 5.74) is 7.02. The Balaban J connectivity index is 1.95. The number of aryl methyl sites for hydroxylation is 1. The fourth-order valence-corrected chi connectivity index (χ4v) is 3.70. The summed E-state index contributed by atoms with van der Waals surface area (Å²) in [6.07, 6.45) is 4.42. The second-order valence-electron chi connectivity index (χ2n) is 6.60. The number of benzene rings is 2. The van der Waals surface area contributed by atoms with Gasteiger partial charge in [-0.2, -0.15) is 0 Å². The maximum Gasteiger partial charge on any atom is 0.338 e. The van der Waals surface area contributed by atoms with Gasteiger partial charge in [0.05, 0.1) is 24.1 Å². The van der Waals surface area contributed by atoms with Crippen molar-refractivity contribution in [2.24, 2.45) is 0 Å². The highest BCUT2D eigenvalue weighted by Gasteiger charge is 2.21. The topological polar surface area (TPSA) is 39.2 Å². The molecule has 0 radical (unpaired) electrons. The molecule has 0 spiro atoms. The summed E-state index contributed by atoms with van der Waals surface area (Å²) in [7, 11) is 1.42. The highest BCUT2D eigenvalue weighted by Crippen LogP contribution is 2.35. The minimum Gasteiger partial charge on any atom is -0.465 e. The minimum absolute atomic E-state index is 0.322. The third-order valence-corrected chi connectivity index (χ3v) is 5.00. The Kier molecular flexibility index (Phi) is 4.53. The van der Waals surface area contributed by atoms with Crippen molar-refractivity contribution in [3.05, 3.63) is 77.4 Å². The van der Waals surface area contributed by atoms with Gasteiger partial charge in [-0.3, -0.25) is 0 Å². The van der Waals surface area contributed by atoms with Crippen LogP contribution in [0.25, 0.3) is 22.5 Å². The van der Waals surface area contributed by atoms with E-state index >= 15 is 0 Å². The quantitative estimate of drug-likeness (QED) is 0.623. The van der Waals surface area contributed by atoms with Gasteiger partial charge in [0.25, 0.3) is 0 Å². The van der Waals surface area contributed by atoms with E-state index in [1.807, 2.05) is 42.5 Å². The van der Waals surface area contributed by atoms with Crippen molar-refractivity contribution in [1.29, 1.82) is 0 Å². The van der Waals surface area contributed by atoms with Gasteiger partial charge in [0.15, 0.2) is 0 Å². The molecule has 0 saturated heterocycles. The normalized spacial score (nSPS) is 13.1. The van der Waals surface area contributed by atoms with Crippen LogP contribution in [0.3, 0.4) is 0 Å². The van der Waals surface area contributed by atoms with Gasteiger partial charge in [0.1, 0.15) is 0 Å². The summed E-state index contributed by atoms with van der Waals surface area (Å²) in [4.78, 5) is 17.3. The van der Waals surface area contributed by atoms with E-state index in [0.717, 1.165) is 41.8 Å². The molecule has 0 saturated carbocycles. The molecule has 3 aromatic rings. The molecule has 0 N–H and O–H groups in total. The smallest absolute Gasteiger partial charge is 0.338 e. The number of ether oxygens (including phenoxy) is 1. The third-order valence-electron chi connectivity index (χ3n) is 5.00. The molecule has 1 aliphatic carbocycles. The number of esters is 1. The lowest BCUT2D eigenvalue weighted by Gasteiger charge is -2.21. The average molecular weight is 343 g/mol. The largest absolute Gasteiger partial charge is 0.465 e. The van der Waals surface area contributed by atoms with Crippen LogP contribution in [-0.4, -0.2) is 18.1 Å². The first-order valence-electron chi connectivity index (χ1n) is 9.04. The molecule has 130 valence electrons. The molecule has 1 aliphatic rings. The van der Waals surface area contributed by atoms with Gasteiger partial charge < -0.3 is 4.74 Å². The van der Waals surface area contributed by atoms with Gasteiger partial charge in [-0.25, -0.2) is 9.78 Å². The van der Waals surface area contributed by atoms with Gasteiger partial charge in [-0.15, -0.1) is 0 Å². The Hall–Kier alpha value is -2.94. The van der Waals surface area contributed by atoms with Crippen molar-refractivity contribution >= 4 is 5.97 Å². The number of fused-ring (bicyclic) bond motifs is 1. The molecule has 0 unspecified atom stereocenters. The van der Waals surface area contributed by atoms with Gasteiger partial charge in [-0.05, 0) is 48.9 Å². The molecular weight excluding hydrogens is 322 g/mol. The van der Waals surface area contributed by atoms with Crippen molar-refractivity contribution in [2.75, 3.05) is 7.11 Å². The van der Waals surface area contributed by atoms with Gasteiger partial charge >= 0.3 is 5.97 Å². The van der Waals surface area contributed by atoms with Crippen LogP contribution in [0, 0.1) is 0 Å². The molecule has 3 nitrogen and oxygen atoms in total. The van der Waals surface area contributed by atoms with Crippen LogP contribution in [0.4, 0.5) is 0 Å². The maximum atomic E-state index is 12.3. The number of hydrogen-bond acceptors (Lipinski definition) is 3. The van der Waals surface area contributed by atoms with E-state index in [-0.39, 0.29) is 5.97 Å². The number of pyridine rings is 1. The number of nitrogens with zero attached hydrogens (tertiary/aromatic N) is 1. The second kappa shape index (κ2) is 7.12. The highest BCUT2D eigenvalue weighted by atomic mass is 16.5. The number of hydrogen-bond donors (Lipinski definition) is 0. The fourth-order valence-electron chi connectivity index (χ4n) is 3.70. The fraction of sp³-hybridized carbons (Fsp3) is 0.217. The summed E-state index contributed by atoms with van der Waals surface area (Å²) in [5, 5.41) is 0. The van der Waals surface area contributed by atoms with E-state index in [2.05, 4.69) is 18.2 Å². The van der Waals surface area contributed by atoms with E-state index in [1.165, 1.54) is 24.7 Å². The molecular formula is C23H21NO2. The van der Waals surface area contributed by atoms with Crippen molar-refractivity contribution in [1.82, 2.24) is 4.98 Å². The Bertz CT molecular complexity index is 948. The Morgan fingerprint density at radius 2 is 1.69 bits per heavy atom. The van der Waals surface area contributed by atoms with Crippen LogP contribution in [0.5, 0.6) is 0 Å². The number of methoxy groups -OCH3 is 1. The number of carbonyl (C=O) groups is 1. The van der Waals surface area contributed by atoms with Crippen LogP contribution >= 0.6 is 0 Å². The zero-order chi connectivity index (χ0) is 17.9. The summed E-state index contributed by atoms with van der Waals surface area (Å²) >= 11 is 0. The lowest BCUT2D eigenvalue weighted by molar-refractivity contribution is 0.0601. The van der Waals surface area contributed by atoms with Crippen LogP contribution in [0.2, 0.25) is 0 Å². The molecule has 0 atom stereocenters. The zero-order valence-electron chi connectivity index (χ0n) is 14.9. The summed E-state index contributed by atoms with van der Waals surface area (Å²) in [5.74, 6) is -0.322. The Labute approximate surface area is 153 Å². The Morgan fingerprint density at radius 3 is 2.50 bits per heavy atom. The second-order valence-corrected chi connectivity index (χ2v) is 6.60. The third kappa shape index (κ3) is 3.01. The molecule has 3 heteroatoms. The number of carbonyl (C=O) groups excluding carboxylic acids is 1. The van der Waals surface area contributed by atoms with Gasteiger partial charge in [-0.1, -0.05) is 48.5 Å². The molecule has 1 heterocycles. The number of aromatic nitrogens is 1. The first-order valence-corrected chi connectivity index (χ1v) is 9.04. The molecule has 0 amide bonds. The lowest BCUT2D eigenvalue weighted by Crippen LogP contribution is -2.10. The highest BCUT2D eigenvalue weighted by molar-refractivity contribution is 5.97. The summed E-state index contributed by atoms with van der Waals surface area (Å²) in [6, 6.07) is 20.0. The predicted molar refractivity (Wildman–Crippen MR) is 103 cm³/mol. The molecule has 26 heavy (non-hydrogen) atoms. The maximum absolute atomic E-state index is 12.3. The first-order chi connectivity index (χ1) is 12.8. The van der Waals surface area contributed by atoms with Crippen molar-refractivity contribution < 1.29 is 9.53 Å².